The predicted molar refractivity (Wildman–Crippen MR) is 60.7 cm³/mol. The summed E-state index contributed by atoms with van der Waals surface area (Å²) >= 11 is 0. The summed E-state index contributed by atoms with van der Waals surface area (Å²) in [6.45, 7) is 6.03. The molecule has 0 radical (unpaired) electrons. The van der Waals surface area contributed by atoms with Crippen LogP contribution < -0.4 is 11.2 Å². The summed E-state index contributed by atoms with van der Waals surface area (Å²) in [5.41, 5.74) is -0.0315. The third kappa shape index (κ3) is 1.46. The van der Waals surface area contributed by atoms with Crippen LogP contribution in [-0.4, -0.2) is 19.5 Å². The van der Waals surface area contributed by atoms with Crippen LogP contribution in [0, 0.1) is 0 Å². The number of nitrogens with one attached hydrogen (secondary N) is 2. The van der Waals surface area contributed by atoms with Crippen molar-refractivity contribution >= 4 is 11.2 Å². The third-order valence-electron chi connectivity index (χ3n) is 2.51. The number of hydrogen-bond donors (Lipinski definition) is 2. The van der Waals surface area contributed by atoms with E-state index in [4.69, 9.17) is 0 Å². The molecule has 0 aliphatic heterocycles. The highest BCUT2D eigenvalue weighted by molar-refractivity contribution is 5.68. The standard InChI is InChI=1S/C10H14N4O2/c1-4-14-9(15)6-8(13-10(14)16)12-7(11-6)5(2)3/h5H,4H2,1-3H3,(H,11,12)(H,13,16). The van der Waals surface area contributed by atoms with Gasteiger partial charge >= 0.3 is 5.69 Å². The Kier molecular flexibility index (Phi) is 2.41. The van der Waals surface area contributed by atoms with E-state index in [9.17, 15) is 9.59 Å². The van der Waals surface area contributed by atoms with E-state index in [1.54, 1.807) is 6.92 Å². The number of hydrogen-bond acceptors (Lipinski definition) is 3. The van der Waals surface area contributed by atoms with Crippen LogP contribution in [0.1, 0.15) is 32.5 Å². The van der Waals surface area contributed by atoms with Crippen LogP contribution in [-0.2, 0) is 6.54 Å². The number of nitrogens with zero attached hydrogens (tertiary/aromatic N) is 2. The van der Waals surface area contributed by atoms with Gasteiger partial charge in [0.15, 0.2) is 5.65 Å². The van der Waals surface area contributed by atoms with Crippen molar-refractivity contribution in [2.24, 2.45) is 0 Å². The summed E-state index contributed by atoms with van der Waals surface area (Å²) in [7, 11) is 0. The normalized spacial score (nSPS) is 11.5. The van der Waals surface area contributed by atoms with Crippen molar-refractivity contribution in [3.05, 3.63) is 26.7 Å². The number of aromatic amines is 2. The molecule has 16 heavy (non-hydrogen) atoms. The zero-order valence-electron chi connectivity index (χ0n) is 9.50. The van der Waals surface area contributed by atoms with E-state index in [1.165, 1.54) is 0 Å². The van der Waals surface area contributed by atoms with Gasteiger partial charge in [0.1, 0.15) is 11.3 Å². The largest absolute Gasteiger partial charge is 0.336 e. The molecule has 0 spiro atoms. The monoisotopic (exact) mass is 222 g/mol. The molecule has 6 nitrogen and oxygen atoms in total. The van der Waals surface area contributed by atoms with Crippen molar-refractivity contribution in [1.29, 1.82) is 0 Å². The Morgan fingerprint density at radius 1 is 1.31 bits per heavy atom. The summed E-state index contributed by atoms with van der Waals surface area (Å²) in [5.74, 6) is 0.891. The van der Waals surface area contributed by atoms with E-state index >= 15 is 0 Å². The fraction of sp³-hybridized carbons (Fsp3) is 0.500. The molecule has 0 saturated heterocycles. The Balaban J connectivity index is 2.84. The molecule has 86 valence electrons. The number of rotatable bonds is 2. The Bertz CT molecular complexity index is 632. The Hall–Kier alpha value is -1.85. The average Bonchev–Trinajstić information content (AvgIpc) is 2.62. The molecule has 0 fully saturated rings. The van der Waals surface area contributed by atoms with Gasteiger partial charge in [0.05, 0.1) is 0 Å². The van der Waals surface area contributed by atoms with Crippen molar-refractivity contribution in [2.75, 3.05) is 0 Å². The van der Waals surface area contributed by atoms with Crippen molar-refractivity contribution in [3.8, 4) is 0 Å². The molecule has 0 aliphatic carbocycles. The number of H-pyrrole nitrogens is 2. The molecule has 0 bridgehead atoms. The molecule has 0 aromatic carbocycles. The van der Waals surface area contributed by atoms with Crippen molar-refractivity contribution in [2.45, 2.75) is 33.2 Å². The maximum Gasteiger partial charge on any atom is 0.330 e. The minimum atomic E-state index is -0.415. The molecule has 6 heteroatoms. The van der Waals surface area contributed by atoms with Gasteiger partial charge < -0.3 is 4.98 Å². The molecule has 0 amide bonds. The topological polar surface area (TPSA) is 83.5 Å². The number of imidazole rings is 1. The SMILES string of the molecule is CCn1c(=O)[nH]c2nc(C(C)C)[nH]c2c1=O. The van der Waals surface area contributed by atoms with Crippen LogP contribution in [0.15, 0.2) is 9.59 Å². The smallest absolute Gasteiger partial charge is 0.330 e. The first-order chi connectivity index (χ1) is 7.54. The summed E-state index contributed by atoms with van der Waals surface area (Å²) in [4.78, 5) is 33.1. The second-order valence-corrected chi connectivity index (χ2v) is 3.98. The van der Waals surface area contributed by atoms with E-state index in [2.05, 4.69) is 15.0 Å². The van der Waals surface area contributed by atoms with E-state index in [0.29, 0.717) is 23.5 Å². The van der Waals surface area contributed by atoms with Crippen molar-refractivity contribution in [3.63, 3.8) is 0 Å². The first-order valence-corrected chi connectivity index (χ1v) is 5.27. The molecular formula is C10H14N4O2. The van der Waals surface area contributed by atoms with E-state index in [1.807, 2.05) is 13.8 Å². The molecule has 0 atom stereocenters. The molecule has 0 saturated carbocycles. The first-order valence-electron chi connectivity index (χ1n) is 5.27. The van der Waals surface area contributed by atoms with Gasteiger partial charge in [-0.15, -0.1) is 0 Å². The highest BCUT2D eigenvalue weighted by Gasteiger charge is 2.12. The van der Waals surface area contributed by atoms with Crippen LogP contribution >= 0.6 is 0 Å². The Labute approximate surface area is 91.3 Å². The number of fused-ring (bicyclic) bond motifs is 1. The van der Waals surface area contributed by atoms with Crippen LogP contribution in [0.4, 0.5) is 0 Å². The number of aromatic nitrogens is 4. The van der Waals surface area contributed by atoms with Crippen LogP contribution in [0.5, 0.6) is 0 Å². The zero-order chi connectivity index (χ0) is 11.9. The lowest BCUT2D eigenvalue weighted by Gasteiger charge is -1.98. The lowest BCUT2D eigenvalue weighted by molar-refractivity contribution is 0.682. The molecule has 2 heterocycles. The molecule has 2 rings (SSSR count). The third-order valence-corrected chi connectivity index (χ3v) is 2.51. The van der Waals surface area contributed by atoms with Gasteiger partial charge in [-0.1, -0.05) is 13.8 Å². The van der Waals surface area contributed by atoms with E-state index in [-0.39, 0.29) is 11.5 Å². The maximum atomic E-state index is 11.9. The fourth-order valence-electron chi connectivity index (χ4n) is 1.59. The van der Waals surface area contributed by atoms with Gasteiger partial charge in [-0.2, -0.15) is 0 Å². The van der Waals surface area contributed by atoms with Crippen LogP contribution in [0.3, 0.4) is 0 Å². The van der Waals surface area contributed by atoms with Gasteiger partial charge in [-0.3, -0.25) is 14.3 Å². The van der Waals surface area contributed by atoms with Crippen molar-refractivity contribution < 1.29 is 0 Å². The lowest BCUT2D eigenvalue weighted by atomic mass is 10.2. The van der Waals surface area contributed by atoms with Gasteiger partial charge in [0.2, 0.25) is 0 Å². The van der Waals surface area contributed by atoms with E-state index < -0.39 is 5.69 Å². The lowest BCUT2D eigenvalue weighted by Crippen LogP contribution is -2.34. The van der Waals surface area contributed by atoms with Crippen LogP contribution in [0.25, 0.3) is 11.2 Å². The fourth-order valence-corrected chi connectivity index (χ4v) is 1.59. The first kappa shape index (κ1) is 10.7. The molecular weight excluding hydrogens is 208 g/mol. The molecule has 2 N–H and O–H groups in total. The van der Waals surface area contributed by atoms with Gasteiger partial charge in [-0.25, -0.2) is 9.78 Å². The summed E-state index contributed by atoms with van der Waals surface area (Å²) in [6.07, 6.45) is 0. The average molecular weight is 222 g/mol. The highest BCUT2D eigenvalue weighted by atomic mass is 16.2. The minimum absolute atomic E-state index is 0.186. The summed E-state index contributed by atoms with van der Waals surface area (Å²) in [6, 6.07) is 0. The van der Waals surface area contributed by atoms with Crippen LogP contribution in [0.2, 0.25) is 0 Å². The van der Waals surface area contributed by atoms with Gasteiger partial charge in [0.25, 0.3) is 5.56 Å². The van der Waals surface area contributed by atoms with Gasteiger partial charge in [-0.05, 0) is 6.92 Å². The van der Waals surface area contributed by atoms with E-state index in [0.717, 1.165) is 4.57 Å². The highest BCUT2D eigenvalue weighted by Crippen LogP contribution is 2.11. The predicted octanol–water partition coefficient (Wildman–Crippen LogP) is 0.556. The molecule has 0 unspecified atom stereocenters. The quantitative estimate of drug-likeness (QED) is 0.778. The second-order valence-electron chi connectivity index (χ2n) is 3.98. The molecule has 0 aliphatic rings. The summed E-state index contributed by atoms with van der Waals surface area (Å²) in [5, 5.41) is 0. The molecule has 2 aromatic rings. The maximum absolute atomic E-state index is 11.9. The minimum Gasteiger partial charge on any atom is -0.336 e. The zero-order valence-corrected chi connectivity index (χ0v) is 9.50. The molecule has 2 aromatic heterocycles. The Morgan fingerprint density at radius 2 is 2.00 bits per heavy atom. The Morgan fingerprint density at radius 3 is 2.56 bits per heavy atom. The van der Waals surface area contributed by atoms with Gasteiger partial charge in [0, 0.05) is 12.5 Å². The second kappa shape index (κ2) is 3.62. The van der Waals surface area contributed by atoms with Crippen molar-refractivity contribution in [1.82, 2.24) is 19.5 Å². The summed E-state index contributed by atoms with van der Waals surface area (Å²) < 4.78 is 1.14.